The highest BCUT2D eigenvalue weighted by molar-refractivity contribution is 6.00. The summed E-state index contributed by atoms with van der Waals surface area (Å²) in [5.74, 6) is 0.00989. The van der Waals surface area contributed by atoms with Crippen molar-refractivity contribution in [3.63, 3.8) is 0 Å². The number of para-hydroxylation sites is 1. The number of pyridine rings is 1. The topological polar surface area (TPSA) is 102 Å². The molecule has 0 aliphatic carbocycles. The lowest BCUT2D eigenvalue weighted by Crippen LogP contribution is -2.29. The standard InChI is InChI=1S/C23H18N4O3/c28-16-5-3-4-15(12-16)22-19-20(17-6-1-2-7-18(17)29)25-26-21(19)23(30)27(22)13-14-8-10-24-11-9-14/h1-12,22,28-29H,13H2,(H,25,26). The van der Waals surface area contributed by atoms with E-state index in [4.69, 9.17) is 0 Å². The lowest BCUT2D eigenvalue weighted by molar-refractivity contribution is 0.0730. The first-order chi connectivity index (χ1) is 14.6. The van der Waals surface area contributed by atoms with Crippen molar-refractivity contribution in [3.05, 3.63) is 95.4 Å². The molecule has 1 aliphatic heterocycles. The molecular weight excluding hydrogens is 380 g/mol. The fraction of sp³-hybridized carbons (Fsp3) is 0.0870. The molecule has 4 aromatic rings. The smallest absolute Gasteiger partial charge is 0.273 e. The molecule has 5 rings (SSSR count). The zero-order chi connectivity index (χ0) is 20.7. The van der Waals surface area contributed by atoms with Gasteiger partial charge >= 0.3 is 0 Å². The molecule has 7 heteroatoms. The number of nitrogens with one attached hydrogen (secondary N) is 1. The largest absolute Gasteiger partial charge is 0.508 e. The number of phenols is 2. The van der Waals surface area contributed by atoms with Crippen LogP contribution in [0.25, 0.3) is 11.3 Å². The van der Waals surface area contributed by atoms with Gasteiger partial charge in [-0.2, -0.15) is 5.10 Å². The minimum absolute atomic E-state index is 0.0847. The van der Waals surface area contributed by atoms with E-state index in [1.807, 2.05) is 24.3 Å². The summed E-state index contributed by atoms with van der Waals surface area (Å²) in [5.41, 5.74) is 3.82. The van der Waals surface area contributed by atoms with Crippen LogP contribution >= 0.6 is 0 Å². The van der Waals surface area contributed by atoms with Gasteiger partial charge in [-0.3, -0.25) is 14.9 Å². The van der Waals surface area contributed by atoms with Gasteiger partial charge < -0.3 is 15.1 Å². The summed E-state index contributed by atoms with van der Waals surface area (Å²) >= 11 is 0. The highest BCUT2D eigenvalue weighted by Gasteiger charge is 2.42. The molecular formula is C23H18N4O3. The summed E-state index contributed by atoms with van der Waals surface area (Å²) in [6.07, 6.45) is 3.38. The molecule has 2 aromatic carbocycles. The summed E-state index contributed by atoms with van der Waals surface area (Å²) in [5, 5.41) is 27.7. The van der Waals surface area contributed by atoms with Gasteiger partial charge in [-0.05, 0) is 47.5 Å². The van der Waals surface area contributed by atoms with Crippen molar-refractivity contribution in [2.24, 2.45) is 0 Å². The lowest BCUT2D eigenvalue weighted by atomic mass is 9.95. The molecule has 1 atom stereocenters. The number of hydrogen-bond acceptors (Lipinski definition) is 5. The maximum absolute atomic E-state index is 13.3. The minimum atomic E-state index is -0.471. The van der Waals surface area contributed by atoms with Gasteiger partial charge in [0.25, 0.3) is 5.91 Å². The summed E-state index contributed by atoms with van der Waals surface area (Å²) < 4.78 is 0. The normalized spacial score (nSPS) is 15.4. The number of aromatic hydroxyl groups is 2. The first kappa shape index (κ1) is 17.9. The van der Waals surface area contributed by atoms with Crippen LogP contribution in [0.3, 0.4) is 0 Å². The Morgan fingerprint density at radius 2 is 1.80 bits per heavy atom. The first-order valence-corrected chi connectivity index (χ1v) is 9.49. The number of rotatable bonds is 4. The Bertz CT molecular complexity index is 1240. The fourth-order valence-corrected chi connectivity index (χ4v) is 3.97. The third-order valence-electron chi connectivity index (χ3n) is 5.31. The molecule has 3 N–H and O–H groups in total. The van der Waals surface area contributed by atoms with Crippen LogP contribution in [0.1, 0.15) is 33.2 Å². The highest BCUT2D eigenvalue weighted by atomic mass is 16.3. The van der Waals surface area contributed by atoms with Gasteiger partial charge in [-0.15, -0.1) is 0 Å². The molecule has 7 nitrogen and oxygen atoms in total. The summed E-state index contributed by atoms with van der Waals surface area (Å²) in [6.45, 7) is 0.365. The molecule has 148 valence electrons. The predicted molar refractivity (Wildman–Crippen MR) is 110 cm³/mol. The second kappa shape index (κ2) is 7.04. The number of nitrogens with zero attached hydrogens (tertiary/aromatic N) is 3. The molecule has 0 fully saturated rings. The third kappa shape index (κ3) is 2.88. The van der Waals surface area contributed by atoms with E-state index in [2.05, 4.69) is 15.2 Å². The van der Waals surface area contributed by atoms with E-state index in [9.17, 15) is 15.0 Å². The Morgan fingerprint density at radius 1 is 1.00 bits per heavy atom. The zero-order valence-electron chi connectivity index (χ0n) is 15.9. The van der Waals surface area contributed by atoms with E-state index in [1.54, 1.807) is 53.7 Å². The van der Waals surface area contributed by atoms with E-state index >= 15 is 0 Å². The lowest BCUT2D eigenvalue weighted by Gasteiger charge is -2.26. The van der Waals surface area contributed by atoms with Crippen molar-refractivity contribution in [2.45, 2.75) is 12.6 Å². The molecule has 0 radical (unpaired) electrons. The Morgan fingerprint density at radius 3 is 2.57 bits per heavy atom. The van der Waals surface area contributed by atoms with Gasteiger partial charge in [-0.25, -0.2) is 0 Å². The molecule has 3 heterocycles. The van der Waals surface area contributed by atoms with Crippen LogP contribution in [0, 0.1) is 0 Å². The molecule has 0 bridgehead atoms. The number of benzene rings is 2. The van der Waals surface area contributed by atoms with Gasteiger partial charge in [0, 0.05) is 30.1 Å². The molecule has 1 amide bonds. The number of carbonyl (C=O) groups excluding carboxylic acids is 1. The number of amides is 1. The van der Waals surface area contributed by atoms with E-state index < -0.39 is 6.04 Å². The van der Waals surface area contributed by atoms with Crippen LogP contribution in [-0.2, 0) is 6.54 Å². The Kier molecular flexibility index (Phi) is 4.21. The number of hydrogen-bond donors (Lipinski definition) is 3. The van der Waals surface area contributed by atoms with E-state index in [0.29, 0.717) is 29.1 Å². The third-order valence-corrected chi connectivity index (χ3v) is 5.31. The first-order valence-electron chi connectivity index (χ1n) is 9.49. The average molecular weight is 398 g/mol. The van der Waals surface area contributed by atoms with Crippen LogP contribution in [0.5, 0.6) is 11.5 Å². The molecule has 1 aliphatic rings. The highest BCUT2D eigenvalue weighted by Crippen LogP contribution is 2.45. The van der Waals surface area contributed by atoms with Crippen LogP contribution in [0.2, 0.25) is 0 Å². The monoisotopic (exact) mass is 398 g/mol. The number of H-pyrrole nitrogens is 1. The zero-order valence-corrected chi connectivity index (χ0v) is 15.9. The van der Waals surface area contributed by atoms with Crippen LogP contribution in [-0.4, -0.2) is 36.2 Å². The van der Waals surface area contributed by atoms with Crippen LogP contribution in [0.4, 0.5) is 0 Å². The van der Waals surface area contributed by atoms with Gasteiger partial charge in [-0.1, -0.05) is 24.3 Å². The number of aromatic amines is 1. The molecule has 0 spiro atoms. The second-order valence-electron chi connectivity index (χ2n) is 7.16. The Hall–Kier alpha value is -4.13. The summed E-state index contributed by atoms with van der Waals surface area (Å²) in [4.78, 5) is 19.1. The Balaban J connectivity index is 1.68. The van der Waals surface area contributed by atoms with E-state index in [0.717, 1.165) is 11.1 Å². The summed E-state index contributed by atoms with van der Waals surface area (Å²) in [7, 11) is 0. The minimum Gasteiger partial charge on any atom is -0.508 e. The maximum Gasteiger partial charge on any atom is 0.273 e. The number of phenolic OH excluding ortho intramolecular Hbond substituents is 2. The predicted octanol–water partition coefficient (Wildman–Crippen LogP) is 3.63. The Labute approximate surface area is 172 Å². The van der Waals surface area contributed by atoms with Crippen molar-refractivity contribution in [3.8, 4) is 22.8 Å². The van der Waals surface area contributed by atoms with Crippen LogP contribution < -0.4 is 0 Å². The number of carbonyl (C=O) groups is 1. The molecule has 1 unspecified atom stereocenters. The second-order valence-corrected chi connectivity index (χ2v) is 7.16. The van der Waals surface area contributed by atoms with E-state index in [1.165, 1.54) is 0 Å². The van der Waals surface area contributed by atoms with Crippen LogP contribution in [0.15, 0.2) is 73.1 Å². The maximum atomic E-state index is 13.3. The average Bonchev–Trinajstić information content (AvgIpc) is 3.29. The van der Waals surface area contributed by atoms with Crippen molar-refractivity contribution in [1.29, 1.82) is 0 Å². The fourth-order valence-electron chi connectivity index (χ4n) is 3.97. The molecule has 2 aromatic heterocycles. The van der Waals surface area contributed by atoms with Gasteiger partial charge in [0.1, 0.15) is 22.9 Å². The van der Waals surface area contributed by atoms with Gasteiger partial charge in [0.15, 0.2) is 0 Å². The van der Waals surface area contributed by atoms with E-state index in [-0.39, 0.29) is 17.4 Å². The molecule has 30 heavy (non-hydrogen) atoms. The van der Waals surface area contributed by atoms with Gasteiger partial charge in [0.05, 0.1) is 6.04 Å². The quantitative estimate of drug-likeness (QED) is 0.487. The van der Waals surface area contributed by atoms with Crippen molar-refractivity contribution in [1.82, 2.24) is 20.1 Å². The van der Waals surface area contributed by atoms with Crippen molar-refractivity contribution < 1.29 is 15.0 Å². The number of aromatic nitrogens is 3. The summed E-state index contributed by atoms with van der Waals surface area (Å²) in [6, 6.07) is 17.0. The van der Waals surface area contributed by atoms with Crippen molar-refractivity contribution in [2.75, 3.05) is 0 Å². The SMILES string of the molecule is O=C1c2[nH]nc(-c3ccccc3O)c2C(c2cccc(O)c2)N1Cc1ccncc1. The molecule has 0 saturated heterocycles. The van der Waals surface area contributed by atoms with Gasteiger partial charge in [0.2, 0.25) is 0 Å². The van der Waals surface area contributed by atoms with Crippen molar-refractivity contribution >= 4 is 5.91 Å². The molecule has 0 saturated carbocycles. The number of fused-ring (bicyclic) bond motifs is 1.